The Bertz CT molecular complexity index is 1190. The number of ether oxygens (including phenoxy) is 2. The van der Waals surface area contributed by atoms with Gasteiger partial charge < -0.3 is 20.1 Å². The molecule has 0 fully saturated rings. The Hall–Kier alpha value is -4.33. The van der Waals surface area contributed by atoms with Gasteiger partial charge in [0.2, 0.25) is 11.8 Å². The van der Waals surface area contributed by atoms with Crippen LogP contribution in [0, 0.1) is 0 Å². The summed E-state index contributed by atoms with van der Waals surface area (Å²) in [5.41, 5.74) is 1.86. The SMILES string of the molecule is COc1ccc(NC(=O)C[C@@H]2C(=O)Nc3ccccc3N2C(=O)c2ccccc2OC)cc1. The van der Waals surface area contributed by atoms with Gasteiger partial charge in [0, 0.05) is 5.69 Å². The van der Waals surface area contributed by atoms with Crippen LogP contribution in [-0.2, 0) is 9.59 Å². The molecule has 0 saturated heterocycles. The third kappa shape index (κ3) is 4.50. The van der Waals surface area contributed by atoms with E-state index in [9.17, 15) is 14.4 Å². The van der Waals surface area contributed by atoms with Gasteiger partial charge in [0.15, 0.2) is 0 Å². The van der Waals surface area contributed by atoms with Gasteiger partial charge in [-0.3, -0.25) is 19.3 Å². The molecular weight excluding hydrogens is 422 g/mol. The number of hydrogen-bond acceptors (Lipinski definition) is 5. The van der Waals surface area contributed by atoms with Gasteiger partial charge >= 0.3 is 0 Å². The van der Waals surface area contributed by atoms with Crippen molar-refractivity contribution in [2.75, 3.05) is 29.8 Å². The van der Waals surface area contributed by atoms with E-state index >= 15 is 0 Å². The van der Waals surface area contributed by atoms with E-state index in [0.717, 1.165) is 0 Å². The standard InChI is InChI=1S/C25H23N3O5/c1-32-17-13-11-16(12-14-17)26-23(29)15-21-24(30)27-19-8-4-5-9-20(19)28(21)25(31)18-7-3-6-10-22(18)33-2/h3-14,21H,15H2,1-2H3,(H,26,29)(H,27,30)/t21-/m1/s1. The molecule has 168 valence electrons. The zero-order chi connectivity index (χ0) is 23.4. The predicted octanol–water partition coefficient (Wildman–Crippen LogP) is 3.70. The number of nitrogens with zero attached hydrogens (tertiary/aromatic N) is 1. The van der Waals surface area contributed by atoms with Gasteiger partial charge in [0.1, 0.15) is 17.5 Å². The summed E-state index contributed by atoms with van der Waals surface area (Å²) in [7, 11) is 3.03. The Balaban J connectivity index is 1.65. The summed E-state index contributed by atoms with van der Waals surface area (Å²) in [4.78, 5) is 40.8. The number of methoxy groups -OCH3 is 2. The van der Waals surface area contributed by atoms with E-state index in [1.54, 1.807) is 79.9 Å². The van der Waals surface area contributed by atoms with Crippen molar-refractivity contribution in [1.29, 1.82) is 0 Å². The van der Waals surface area contributed by atoms with Crippen LogP contribution in [0.15, 0.2) is 72.8 Å². The van der Waals surface area contributed by atoms with E-state index < -0.39 is 23.8 Å². The fourth-order valence-corrected chi connectivity index (χ4v) is 3.74. The number of benzene rings is 3. The van der Waals surface area contributed by atoms with Crippen LogP contribution < -0.4 is 25.0 Å². The quantitative estimate of drug-likeness (QED) is 0.603. The zero-order valence-electron chi connectivity index (χ0n) is 18.2. The number of para-hydroxylation sites is 3. The van der Waals surface area contributed by atoms with Crippen molar-refractivity contribution in [3.8, 4) is 11.5 Å². The molecule has 1 heterocycles. The van der Waals surface area contributed by atoms with Crippen LogP contribution in [0.5, 0.6) is 11.5 Å². The zero-order valence-corrected chi connectivity index (χ0v) is 18.2. The van der Waals surface area contributed by atoms with Crippen LogP contribution in [0.3, 0.4) is 0 Å². The van der Waals surface area contributed by atoms with Gasteiger partial charge in [-0.25, -0.2) is 0 Å². The van der Waals surface area contributed by atoms with Crippen LogP contribution in [0.25, 0.3) is 0 Å². The molecular formula is C25H23N3O5. The second-order valence-electron chi connectivity index (χ2n) is 7.38. The van der Waals surface area contributed by atoms with Crippen LogP contribution in [0.4, 0.5) is 17.1 Å². The smallest absolute Gasteiger partial charge is 0.262 e. The second kappa shape index (κ2) is 9.44. The van der Waals surface area contributed by atoms with Crippen molar-refractivity contribution in [2.45, 2.75) is 12.5 Å². The Morgan fingerprint density at radius 1 is 0.939 bits per heavy atom. The van der Waals surface area contributed by atoms with Crippen LogP contribution in [0.2, 0.25) is 0 Å². The highest BCUT2D eigenvalue weighted by Gasteiger charge is 2.39. The molecule has 4 rings (SSSR count). The number of hydrogen-bond donors (Lipinski definition) is 2. The third-order valence-corrected chi connectivity index (χ3v) is 5.34. The Labute approximate surface area is 191 Å². The maximum absolute atomic E-state index is 13.6. The van der Waals surface area contributed by atoms with Gasteiger partial charge in [0.05, 0.1) is 37.6 Å². The average Bonchev–Trinajstić information content (AvgIpc) is 2.84. The number of amides is 3. The molecule has 8 heteroatoms. The van der Waals surface area contributed by atoms with Gasteiger partial charge in [-0.15, -0.1) is 0 Å². The van der Waals surface area contributed by atoms with E-state index in [4.69, 9.17) is 9.47 Å². The minimum Gasteiger partial charge on any atom is -0.497 e. The first-order valence-electron chi connectivity index (χ1n) is 10.3. The summed E-state index contributed by atoms with van der Waals surface area (Å²) in [5.74, 6) is -0.242. The molecule has 0 bridgehead atoms. The Morgan fingerprint density at radius 3 is 2.36 bits per heavy atom. The highest BCUT2D eigenvalue weighted by molar-refractivity contribution is 6.18. The summed E-state index contributed by atoms with van der Waals surface area (Å²) < 4.78 is 10.5. The summed E-state index contributed by atoms with van der Waals surface area (Å²) in [5, 5.41) is 5.57. The van der Waals surface area contributed by atoms with Gasteiger partial charge in [-0.1, -0.05) is 24.3 Å². The lowest BCUT2D eigenvalue weighted by Gasteiger charge is -2.36. The number of carbonyl (C=O) groups is 3. The summed E-state index contributed by atoms with van der Waals surface area (Å²) >= 11 is 0. The third-order valence-electron chi connectivity index (χ3n) is 5.34. The number of fused-ring (bicyclic) bond motifs is 1. The Kier molecular flexibility index (Phi) is 6.26. The van der Waals surface area contributed by atoms with Crippen molar-refractivity contribution >= 4 is 34.8 Å². The van der Waals surface area contributed by atoms with Crippen molar-refractivity contribution in [3.63, 3.8) is 0 Å². The topological polar surface area (TPSA) is 97.0 Å². The van der Waals surface area contributed by atoms with E-state index in [1.807, 2.05) is 0 Å². The van der Waals surface area contributed by atoms with Crippen molar-refractivity contribution in [3.05, 3.63) is 78.4 Å². The van der Waals surface area contributed by atoms with Crippen LogP contribution in [0.1, 0.15) is 16.8 Å². The maximum atomic E-state index is 13.6. The molecule has 3 aromatic carbocycles. The lowest BCUT2D eigenvalue weighted by molar-refractivity contribution is -0.122. The maximum Gasteiger partial charge on any atom is 0.262 e. The predicted molar refractivity (Wildman–Crippen MR) is 125 cm³/mol. The molecule has 0 radical (unpaired) electrons. The molecule has 0 unspecified atom stereocenters. The molecule has 0 spiro atoms. The lowest BCUT2D eigenvalue weighted by atomic mass is 10.0. The van der Waals surface area contributed by atoms with Crippen LogP contribution in [-0.4, -0.2) is 38.0 Å². The number of nitrogens with one attached hydrogen (secondary N) is 2. The highest BCUT2D eigenvalue weighted by Crippen LogP contribution is 2.35. The first-order valence-corrected chi connectivity index (χ1v) is 10.3. The van der Waals surface area contributed by atoms with Crippen molar-refractivity contribution in [1.82, 2.24) is 0 Å². The van der Waals surface area contributed by atoms with Gasteiger partial charge in [-0.05, 0) is 48.5 Å². The molecule has 0 saturated carbocycles. The fraction of sp³-hybridized carbons (Fsp3) is 0.160. The normalized spacial score (nSPS) is 14.7. The molecule has 0 aliphatic carbocycles. The molecule has 33 heavy (non-hydrogen) atoms. The lowest BCUT2D eigenvalue weighted by Crippen LogP contribution is -2.52. The number of rotatable bonds is 6. The number of anilines is 3. The van der Waals surface area contributed by atoms with Gasteiger partial charge in [0.25, 0.3) is 5.91 Å². The van der Waals surface area contributed by atoms with Crippen molar-refractivity contribution < 1.29 is 23.9 Å². The summed E-state index contributed by atoms with van der Waals surface area (Å²) in [6.07, 6.45) is -0.229. The molecule has 1 atom stereocenters. The molecule has 3 aromatic rings. The molecule has 0 aromatic heterocycles. The van der Waals surface area contributed by atoms with E-state index in [2.05, 4.69) is 10.6 Å². The molecule has 8 nitrogen and oxygen atoms in total. The molecule has 1 aliphatic heterocycles. The molecule has 1 aliphatic rings. The average molecular weight is 445 g/mol. The number of carbonyl (C=O) groups excluding carboxylic acids is 3. The molecule has 3 amide bonds. The van der Waals surface area contributed by atoms with Crippen LogP contribution >= 0.6 is 0 Å². The largest absolute Gasteiger partial charge is 0.497 e. The minimum absolute atomic E-state index is 0.229. The van der Waals surface area contributed by atoms with E-state index in [-0.39, 0.29) is 6.42 Å². The van der Waals surface area contributed by atoms with E-state index in [1.165, 1.54) is 12.0 Å². The van der Waals surface area contributed by atoms with E-state index in [0.29, 0.717) is 34.1 Å². The van der Waals surface area contributed by atoms with Crippen molar-refractivity contribution in [2.24, 2.45) is 0 Å². The highest BCUT2D eigenvalue weighted by atomic mass is 16.5. The van der Waals surface area contributed by atoms with Gasteiger partial charge in [-0.2, -0.15) is 0 Å². The first-order chi connectivity index (χ1) is 16.0. The summed E-state index contributed by atoms with van der Waals surface area (Å²) in [6, 6.07) is 19.6. The fourth-order valence-electron chi connectivity index (χ4n) is 3.74. The first kappa shape index (κ1) is 21.9. The minimum atomic E-state index is -1.05. The molecule has 2 N–H and O–H groups in total. The second-order valence-corrected chi connectivity index (χ2v) is 7.38. The summed E-state index contributed by atoms with van der Waals surface area (Å²) in [6.45, 7) is 0. The monoisotopic (exact) mass is 445 g/mol. The Morgan fingerprint density at radius 2 is 1.64 bits per heavy atom.